The molecular weight excluding hydrogens is 458 g/mol. The van der Waals surface area contributed by atoms with Crippen LogP contribution in [0.2, 0.25) is 0 Å². The Labute approximate surface area is 211 Å². The summed E-state index contributed by atoms with van der Waals surface area (Å²) in [5.41, 5.74) is 0.800. The Balaban J connectivity index is 1.24. The van der Waals surface area contributed by atoms with Crippen molar-refractivity contribution in [2.45, 2.75) is 44.2 Å². The Hall–Kier alpha value is -3.46. The molecule has 36 heavy (non-hydrogen) atoms. The van der Waals surface area contributed by atoms with E-state index in [0.29, 0.717) is 17.7 Å². The van der Waals surface area contributed by atoms with E-state index in [1.165, 1.54) is 11.3 Å². The van der Waals surface area contributed by atoms with E-state index < -0.39 is 12.2 Å². The quantitative estimate of drug-likeness (QED) is 0.595. The van der Waals surface area contributed by atoms with E-state index in [4.69, 9.17) is 4.74 Å². The first-order chi connectivity index (χ1) is 17.6. The van der Waals surface area contributed by atoms with Gasteiger partial charge >= 0.3 is 6.09 Å². The number of benzene rings is 1. The van der Waals surface area contributed by atoms with Gasteiger partial charge in [0.15, 0.2) is 0 Å². The molecule has 1 aromatic heterocycles. The van der Waals surface area contributed by atoms with E-state index in [-0.39, 0.29) is 24.4 Å². The molecule has 9 nitrogen and oxygen atoms in total. The second-order valence-electron chi connectivity index (χ2n) is 9.75. The summed E-state index contributed by atoms with van der Waals surface area (Å²) in [5.74, 6) is 0.275. The fourth-order valence-corrected chi connectivity index (χ4v) is 5.33. The first kappa shape index (κ1) is 24.2. The van der Waals surface area contributed by atoms with Crippen LogP contribution in [0.3, 0.4) is 0 Å². The summed E-state index contributed by atoms with van der Waals surface area (Å²) in [6, 6.07) is 12.8. The summed E-state index contributed by atoms with van der Waals surface area (Å²) in [7, 11) is 0. The molecule has 0 spiro atoms. The van der Waals surface area contributed by atoms with E-state index in [1.807, 2.05) is 18.2 Å². The van der Waals surface area contributed by atoms with Crippen LogP contribution in [0.4, 0.5) is 10.6 Å². The lowest BCUT2D eigenvalue weighted by Crippen LogP contribution is -2.52. The molecule has 1 unspecified atom stereocenters. The Morgan fingerprint density at radius 2 is 1.58 bits per heavy atom. The number of ether oxygens (including phenoxy) is 1. The summed E-state index contributed by atoms with van der Waals surface area (Å²) < 4.78 is 5.86. The number of aromatic nitrogens is 1. The lowest BCUT2D eigenvalue weighted by Gasteiger charge is -2.37. The molecule has 1 aromatic carbocycles. The smallest absolute Gasteiger partial charge is 0.407 e. The number of pyridine rings is 1. The van der Waals surface area contributed by atoms with Crippen molar-refractivity contribution in [2.75, 3.05) is 44.2 Å². The van der Waals surface area contributed by atoms with Crippen LogP contribution in [0.5, 0.6) is 0 Å². The van der Waals surface area contributed by atoms with Crippen LogP contribution in [-0.4, -0.2) is 84.1 Å². The lowest BCUT2D eigenvalue weighted by atomic mass is 9.96. The molecule has 0 bridgehead atoms. The highest BCUT2D eigenvalue weighted by atomic mass is 16.6. The van der Waals surface area contributed by atoms with Gasteiger partial charge in [0, 0.05) is 45.0 Å². The van der Waals surface area contributed by atoms with Crippen molar-refractivity contribution < 1.29 is 19.1 Å². The number of fused-ring (bicyclic) bond motifs is 1. The van der Waals surface area contributed by atoms with Crippen molar-refractivity contribution in [3.05, 3.63) is 59.8 Å². The summed E-state index contributed by atoms with van der Waals surface area (Å²) in [5, 5.41) is 3.00. The van der Waals surface area contributed by atoms with Gasteiger partial charge in [-0.05, 0) is 37.1 Å². The van der Waals surface area contributed by atoms with Gasteiger partial charge in [-0.15, -0.1) is 0 Å². The molecule has 0 radical (unpaired) electrons. The molecule has 1 aliphatic carbocycles. The fourth-order valence-electron chi connectivity index (χ4n) is 5.33. The van der Waals surface area contributed by atoms with Crippen LogP contribution in [0.1, 0.15) is 52.8 Å². The van der Waals surface area contributed by atoms with Gasteiger partial charge in [0.2, 0.25) is 0 Å². The second kappa shape index (κ2) is 11.1. The highest BCUT2D eigenvalue weighted by Gasteiger charge is 2.38. The van der Waals surface area contributed by atoms with Crippen molar-refractivity contribution >= 4 is 23.7 Å². The van der Waals surface area contributed by atoms with E-state index in [2.05, 4.69) is 20.1 Å². The van der Waals surface area contributed by atoms with Crippen LogP contribution in [-0.2, 0) is 4.74 Å². The zero-order valence-electron chi connectivity index (χ0n) is 20.5. The minimum Gasteiger partial charge on any atom is -0.443 e. The predicted molar refractivity (Wildman–Crippen MR) is 135 cm³/mol. The van der Waals surface area contributed by atoms with Crippen LogP contribution >= 0.6 is 0 Å². The van der Waals surface area contributed by atoms with Gasteiger partial charge in [-0.25, -0.2) is 9.78 Å². The van der Waals surface area contributed by atoms with E-state index >= 15 is 0 Å². The average Bonchev–Trinajstić information content (AvgIpc) is 3.15. The van der Waals surface area contributed by atoms with Crippen LogP contribution < -0.4 is 10.2 Å². The topological polar surface area (TPSA) is 95.1 Å². The molecule has 2 aromatic rings. The number of nitrogens with zero attached hydrogens (tertiary/aromatic N) is 4. The third kappa shape index (κ3) is 5.51. The van der Waals surface area contributed by atoms with Gasteiger partial charge in [-0.1, -0.05) is 37.5 Å². The maximum Gasteiger partial charge on any atom is 0.407 e. The van der Waals surface area contributed by atoms with Crippen LogP contribution in [0.15, 0.2) is 48.7 Å². The van der Waals surface area contributed by atoms with Gasteiger partial charge in [0.05, 0.1) is 17.7 Å². The van der Waals surface area contributed by atoms with Crippen molar-refractivity contribution in [3.63, 3.8) is 0 Å². The van der Waals surface area contributed by atoms with Gasteiger partial charge in [0.25, 0.3) is 11.8 Å². The molecule has 9 heteroatoms. The maximum absolute atomic E-state index is 13.0. The highest BCUT2D eigenvalue weighted by molar-refractivity contribution is 6.21. The third-order valence-corrected chi connectivity index (χ3v) is 7.27. The van der Waals surface area contributed by atoms with Crippen molar-refractivity contribution in [1.29, 1.82) is 0 Å². The summed E-state index contributed by atoms with van der Waals surface area (Å²) in [6.45, 7) is 3.61. The molecular formula is C27H33N5O4. The Kier molecular flexibility index (Phi) is 7.46. The standard InChI is InChI=1S/C27H33N5O4/c33-25-22-10-4-5-11-23(22)26(34)32(25)19-21(36-27(35)29-20-8-2-1-3-9-20)18-30-14-16-31(17-15-30)24-12-6-7-13-28-24/h4-7,10-13,20-21H,1-3,8-9,14-19H2,(H,29,35). The Morgan fingerprint density at radius 3 is 2.22 bits per heavy atom. The molecule has 1 atom stereocenters. The minimum atomic E-state index is -0.628. The number of anilines is 1. The van der Waals surface area contributed by atoms with Crippen molar-refractivity contribution in [3.8, 4) is 0 Å². The van der Waals surface area contributed by atoms with E-state index in [9.17, 15) is 14.4 Å². The predicted octanol–water partition coefficient (Wildman–Crippen LogP) is 2.93. The molecule has 3 amide bonds. The monoisotopic (exact) mass is 491 g/mol. The number of rotatable bonds is 7. The summed E-state index contributed by atoms with van der Waals surface area (Å²) >= 11 is 0. The zero-order chi connectivity index (χ0) is 24.9. The molecule has 1 N–H and O–H groups in total. The molecule has 1 saturated heterocycles. The number of alkyl carbamates (subject to hydrolysis) is 1. The second-order valence-corrected chi connectivity index (χ2v) is 9.75. The number of imide groups is 1. The SMILES string of the molecule is O=C(NC1CCCCC1)OC(CN1CCN(c2ccccn2)CC1)CN1C(=O)c2ccccc2C1=O. The van der Waals surface area contributed by atoms with Crippen LogP contribution in [0.25, 0.3) is 0 Å². The number of piperazine rings is 1. The Morgan fingerprint density at radius 1 is 0.917 bits per heavy atom. The average molecular weight is 492 g/mol. The number of carbonyl (C=O) groups is 3. The number of hydrogen-bond acceptors (Lipinski definition) is 7. The number of hydrogen-bond donors (Lipinski definition) is 1. The first-order valence-electron chi connectivity index (χ1n) is 12.9. The molecule has 5 rings (SSSR count). The molecule has 1 saturated carbocycles. The summed E-state index contributed by atoms with van der Waals surface area (Å²) in [6.07, 6.45) is 5.99. The fraction of sp³-hybridized carbons (Fsp3) is 0.481. The lowest BCUT2D eigenvalue weighted by molar-refractivity contribution is 0.0345. The van der Waals surface area contributed by atoms with Gasteiger partial charge in [-0.3, -0.25) is 19.4 Å². The molecule has 3 heterocycles. The molecule has 2 aliphatic heterocycles. The van der Waals surface area contributed by atoms with Crippen molar-refractivity contribution in [1.82, 2.24) is 20.1 Å². The minimum absolute atomic E-state index is 0.0326. The zero-order valence-corrected chi connectivity index (χ0v) is 20.5. The third-order valence-electron chi connectivity index (χ3n) is 7.27. The molecule has 190 valence electrons. The van der Waals surface area contributed by atoms with Gasteiger partial charge < -0.3 is 15.0 Å². The molecule has 3 aliphatic rings. The number of carbonyl (C=O) groups excluding carboxylic acids is 3. The van der Waals surface area contributed by atoms with Crippen molar-refractivity contribution in [2.24, 2.45) is 0 Å². The maximum atomic E-state index is 13.0. The van der Waals surface area contributed by atoms with Crippen LogP contribution in [0, 0.1) is 0 Å². The first-order valence-corrected chi connectivity index (χ1v) is 12.9. The van der Waals surface area contributed by atoms with E-state index in [0.717, 1.165) is 57.7 Å². The summed E-state index contributed by atoms with van der Waals surface area (Å²) in [4.78, 5) is 48.8. The number of amides is 3. The highest BCUT2D eigenvalue weighted by Crippen LogP contribution is 2.24. The van der Waals surface area contributed by atoms with Gasteiger partial charge in [0.1, 0.15) is 11.9 Å². The normalized spacial score (nSPS) is 19.8. The van der Waals surface area contributed by atoms with Gasteiger partial charge in [-0.2, -0.15) is 0 Å². The number of nitrogens with one attached hydrogen (secondary N) is 1. The largest absolute Gasteiger partial charge is 0.443 e. The van der Waals surface area contributed by atoms with E-state index in [1.54, 1.807) is 30.5 Å². The Bertz CT molecular complexity index is 1050. The molecule has 2 fully saturated rings.